The third-order valence-corrected chi connectivity index (χ3v) is 5.28. The highest BCUT2D eigenvalue weighted by atomic mass is 32.2. The summed E-state index contributed by atoms with van der Waals surface area (Å²) < 4.78 is 59.1. The number of nitrogens with two attached hydrogens (primary N) is 1. The van der Waals surface area contributed by atoms with Gasteiger partial charge in [0, 0.05) is 16.6 Å². The summed E-state index contributed by atoms with van der Waals surface area (Å²) in [5.74, 6) is 5.65. The van der Waals surface area contributed by atoms with Crippen LogP contribution < -0.4 is 10.5 Å². The van der Waals surface area contributed by atoms with Crippen LogP contribution in [0.3, 0.4) is 0 Å². The molecule has 29 heavy (non-hydrogen) atoms. The summed E-state index contributed by atoms with van der Waals surface area (Å²) in [5.41, 5.74) is 2.34. The van der Waals surface area contributed by atoms with Crippen molar-refractivity contribution < 1.29 is 17.4 Å². The zero-order valence-corrected chi connectivity index (χ0v) is 16.3. The lowest BCUT2D eigenvalue weighted by atomic mass is 10.1. The fraction of sp³-hybridized carbons (Fsp3) is 0.200. The third-order valence-electron chi connectivity index (χ3n) is 4.30. The van der Waals surface area contributed by atoms with Gasteiger partial charge < -0.3 is 9.88 Å². The summed E-state index contributed by atoms with van der Waals surface area (Å²) in [7, 11) is -3.27. The first-order valence-corrected chi connectivity index (χ1v) is 10.2. The van der Waals surface area contributed by atoms with Gasteiger partial charge >= 0.3 is 6.18 Å². The van der Waals surface area contributed by atoms with Gasteiger partial charge in [-0.25, -0.2) is 14.1 Å². The van der Waals surface area contributed by atoms with E-state index in [1.807, 2.05) is 13.0 Å². The normalized spacial score (nSPS) is 13.6. The number of benzene rings is 2. The smallest absolute Gasteiger partial charge is 0.374 e. The number of nitrogens with one attached hydrogen (secondary N) is 2. The fourth-order valence-electron chi connectivity index (χ4n) is 2.94. The molecule has 5 nitrogen and oxygen atoms in total. The molecule has 1 atom stereocenters. The highest BCUT2D eigenvalue weighted by Crippen LogP contribution is 2.27. The monoisotopic (exact) mass is 420 g/mol. The standard InChI is InChI=1S/C20H19F3N4OS/c1-14-4-2-6-19-18(14)12-16(27(19)13-20(21,22)23)5-3-11-26-15-7-9-17(10-8-15)29(24,25)28/h2,4,6-10,12,26H,11,13H2,1H3,(H3,24,25,28). The molecule has 9 heteroatoms. The number of rotatable bonds is 4. The Hall–Kier alpha value is -2.96. The van der Waals surface area contributed by atoms with Crippen molar-refractivity contribution in [2.24, 2.45) is 5.14 Å². The molecule has 1 unspecified atom stereocenters. The van der Waals surface area contributed by atoms with Crippen molar-refractivity contribution in [2.75, 3.05) is 11.9 Å². The van der Waals surface area contributed by atoms with Gasteiger partial charge in [0.05, 0.1) is 17.1 Å². The van der Waals surface area contributed by atoms with E-state index in [1.54, 1.807) is 30.3 Å². The molecular formula is C20H19F3N4OS. The van der Waals surface area contributed by atoms with Crippen molar-refractivity contribution in [3.05, 3.63) is 59.8 Å². The molecule has 3 aromatic rings. The van der Waals surface area contributed by atoms with E-state index >= 15 is 0 Å². The first kappa shape index (κ1) is 20.8. The molecule has 3 rings (SSSR count). The van der Waals surface area contributed by atoms with E-state index in [9.17, 15) is 17.4 Å². The van der Waals surface area contributed by atoms with Crippen LogP contribution in [0.4, 0.5) is 18.9 Å². The van der Waals surface area contributed by atoms with E-state index in [1.165, 1.54) is 16.7 Å². The SMILES string of the molecule is Cc1cccc2c1cc(C#CCNc1ccc(S(=N)(N)=O)cc1)n2CC(F)(F)F. The molecule has 0 amide bonds. The lowest BCUT2D eigenvalue weighted by molar-refractivity contribution is -0.140. The number of alkyl halides is 3. The maximum Gasteiger partial charge on any atom is 0.406 e. The van der Waals surface area contributed by atoms with Gasteiger partial charge in [-0.15, -0.1) is 0 Å². The average Bonchev–Trinajstić information content (AvgIpc) is 2.96. The molecule has 152 valence electrons. The number of aryl methyl sites for hydroxylation is 1. The molecule has 0 radical (unpaired) electrons. The van der Waals surface area contributed by atoms with Gasteiger partial charge in [0.15, 0.2) is 0 Å². The van der Waals surface area contributed by atoms with Crippen LogP contribution in [0.1, 0.15) is 11.3 Å². The van der Waals surface area contributed by atoms with Crippen LogP contribution in [0, 0.1) is 23.5 Å². The van der Waals surface area contributed by atoms with Crippen molar-refractivity contribution in [1.82, 2.24) is 4.57 Å². The molecule has 4 N–H and O–H groups in total. The first-order valence-electron chi connectivity index (χ1n) is 8.59. The minimum absolute atomic E-state index is 0.199. The lowest BCUT2D eigenvalue weighted by Crippen LogP contribution is -2.18. The third kappa shape index (κ3) is 5.10. The summed E-state index contributed by atoms with van der Waals surface area (Å²) in [6, 6.07) is 13.1. The Bertz CT molecular complexity index is 1200. The second kappa shape index (κ2) is 7.81. The second-order valence-corrected chi connectivity index (χ2v) is 8.19. The number of fused-ring (bicyclic) bond motifs is 1. The largest absolute Gasteiger partial charge is 0.406 e. The quantitative estimate of drug-likeness (QED) is 0.551. The van der Waals surface area contributed by atoms with Gasteiger partial charge in [0.1, 0.15) is 16.5 Å². The molecule has 0 aliphatic heterocycles. The average molecular weight is 420 g/mol. The predicted octanol–water partition coefficient (Wildman–Crippen LogP) is 4.25. The van der Waals surface area contributed by atoms with E-state index < -0.39 is 22.6 Å². The number of anilines is 1. The van der Waals surface area contributed by atoms with Crippen molar-refractivity contribution in [1.29, 1.82) is 4.78 Å². The summed E-state index contributed by atoms with van der Waals surface area (Å²) in [5, 5.41) is 9.01. The summed E-state index contributed by atoms with van der Waals surface area (Å²) in [6.07, 6.45) is -4.36. The zero-order chi connectivity index (χ0) is 21.2. The summed E-state index contributed by atoms with van der Waals surface area (Å²) in [4.78, 5) is 0.209. The van der Waals surface area contributed by atoms with Gasteiger partial charge in [-0.2, -0.15) is 13.2 Å². The highest BCUT2D eigenvalue weighted by Gasteiger charge is 2.29. The van der Waals surface area contributed by atoms with Crippen molar-refractivity contribution in [3.63, 3.8) is 0 Å². The molecule has 0 saturated carbocycles. The topological polar surface area (TPSA) is 83.9 Å². The van der Waals surface area contributed by atoms with E-state index in [-0.39, 0.29) is 11.4 Å². The van der Waals surface area contributed by atoms with Crippen LogP contribution >= 0.6 is 0 Å². The Labute approximate surface area is 166 Å². The molecule has 1 heterocycles. The maximum atomic E-state index is 13.0. The van der Waals surface area contributed by atoms with Gasteiger partial charge in [0.2, 0.25) is 0 Å². The van der Waals surface area contributed by atoms with Gasteiger partial charge in [-0.3, -0.25) is 0 Å². The van der Waals surface area contributed by atoms with Crippen LogP contribution in [0.25, 0.3) is 10.9 Å². The Morgan fingerprint density at radius 1 is 1.21 bits per heavy atom. The molecule has 0 fully saturated rings. The van der Waals surface area contributed by atoms with Crippen LogP contribution in [-0.2, 0) is 16.5 Å². The van der Waals surface area contributed by atoms with Crippen molar-refractivity contribution in [3.8, 4) is 11.8 Å². The summed E-state index contributed by atoms with van der Waals surface area (Å²) >= 11 is 0. The molecule has 0 bridgehead atoms. The number of nitrogens with zero attached hydrogens (tertiary/aromatic N) is 1. The molecule has 1 aromatic heterocycles. The number of hydrogen-bond acceptors (Lipinski definition) is 3. The van der Waals surface area contributed by atoms with Crippen LogP contribution in [0.5, 0.6) is 0 Å². The zero-order valence-electron chi connectivity index (χ0n) is 15.5. The van der Waals surface area contributed by atoms with Gasteiger partial charge in [0.25, 0.3) is 0 Å². The molecule has 2 aromatic carbocycles. The first-order chi connectivity index (χ1) is 13.5. The number of aromatic nitrogens is 1. The second-order valence-electron chi connectivity index (χ2n) is 6.52. The van der Waals surface area contributed by atoms with E-state index in [0.29, 0.717) is 16.9 Å². The van der Waals surface area contributed by atoms with Crippen LogP contribution in [0.2, 0.25) is 0 Å². The van der Waals surface area contributed by atoms with E-state index in [2.05, 4.69) is 17.2 Å². The molecule has 0 aliphatic carbocycles. The Morgan fingerprint density at radius 2 is 1.90 bits per heavy atom. The van der Waals surface area contributed by atoms with E-state index in [0.717, 1.165) is 10.9 Å². The minimum Gasteiger partial charge on any atom is -0.374 e. The van der Waals surface area contributed by atoms with Gasteiger partial charge in [-0.1, -0.05) is 18.1 Å². The Kier molecular flexibility index (Phi) is 5.59. The summed E-state index contributed by atoms with van der Waals surface area (Å²) in [6.45, 7) is 0.939. The molecule has 0 aliphatic rings. The Balaban J connectivity index is 1.81. The number of halogens is 3. The highest BCUT2D eigenvalue weighted by molar-refractivity contribution is 7.90. The lowest BCUT2D eigenvalue weighted by Gasteiger charge is -2.11. The number of hydrogen-bond donors (Lipinski definition) is 3. The molecule has 0 spiro atoms. The van der Waals surface area contributed by atoms with Crippen molar-refractivity contribution >= 4 is 26.5 Å². The van der Waals surface area contributed by atoms with E-state index in [4.69, 9.17) is 9.92 Å². The van der Waals surface area contributed by atoms with Crippen LogP contribution in [0.15, 0.2) is 53.4 Å². The Morgan fingerprint density at radius 3 is 2.52 bits per heavy atom. The predicted molar refractivity (Wildman–Crippen MR) is 108 cm³/mol. The minimum atomic E-state index is -4.36. The van der Waals surface area contributed by atoms with Gasteiger partial charge in [-0.05, 0) is 54.8 Å². The molecule has 0 saturated heterocycles. The fourth-order valence-corrected chi connectivity index (χ4v) is 3.48. The van der Waals surface area contributed by atoms with Crippen LogP contribution in [-0.4, -0.2) is 21.5 Å². The maximum absolute atomic E-state index is 13.0. The molecular weight excluding hydrogens is 401 g/mol. The van der Waals surface area contributed by atoms with Crippen molar-refractivity contribution in [2.45, 2.75) is 24.5 Å².